The molecule has 0 aliphatic rings. The van der Waals surface area contributed by atoms with Crippen LogP contribution in [-0.4, -0.2) is 31.6 Å². The molecule has 0 aliphatic heterocycles. The van der Waals surface area contributed by atoms with Crippen LogP contribution < -0.4 is 16.4 Å². The predicted molar refractivity (Wildman–Crippen MR) is 73.9 cm³/mol. The van der Waals surface area contributed by atoms with Crippen LogP contribution in [0.5, 0.6) is 0 Å². The van der Waals surface area contributed by atoms with Crippen molar-refractivity contribution in [1.82, 2.24) is 0 Å². The second kappa shape index (κ2) is 8.23. The number of nitrogens with two attached hydrogens (primary N) is 1. The molecule has 0 fully saturated rings. The second-order valence-electron chi connectivity index (χ2n) is 3.87. The summed E-state index contributed by atoms with van der Waals surface area (Å²) in [5, 5.41) is 5.40. The molecule has 0 aliphatic carbocycles. The lowest BCUT2D eigenvalue weighted by Gasteiger charge is -2.08. The monoisotopic (exact) mass is 265 g/mol. The quantitative estimate of drug-likeness (QED) is 0.640. The summed E-state index contributed by atoms with van der Waals surface area (Å²) in [5.41, 5.74) is 6.50. The van der Waals surface area contributed by atoms with Crippen molar-refractivity contribution >= 4 is 23.2 Å². The van der Waals surface area contributed by atoms with Crippen molar-refractivity contribution in [3.8, 4) is 0 Å². The third-order valence-corrected chi connectivity index (χ3v) is 2.25. The summed E-state index contributed by atoms with van der Waals surface area (Å²) in [5.74, 6) is -0.331. The van der Waals surface area contributed by atoms with Gasteiger partial charge in [0, 0.05) is 24.3 Å². The Balaban J connectivity index is 2.52. The van der Waals surface area contributed by atoms with E-state index in [4.69, 9.17) is 10.5 Å². The molecule has 0 heterocycles. The normalized spacial score (nSPS) is 10.0. The number of ether oxygens (including phenoxy) is 1. The van der Waals surface area contributed by atoms with Crippen molar-refractivity contribution in [2.45, 2.75) is 13.3 Å². The van der Waals surface area contributed by atoms with Crippen LogP contribution in [0.15, 0.2) is 24.3 Å². The summed E-state index contributed by atoms with van der Waals surface area (Å²) in [6.45, 7) is 2.46. The van der Waals surface area contributed by atoms with Crippen LogP contribution in [0.1, 0.15) is 13.3 Å². The van der Waals surface area contributed by atoms with Gasteiger partial charge in [-0.05, 0) is 18.2 Å². The Hall–Kier alpha value is -1.92. The van der Waals surface area contributed by atoms with Crippen LogP contribution in [0.3, 0.4) is 0 Å². The highest BCUT2D eigenvalue weighted by Crippen LogP contribution is 2.15. The molecule has 2 amide bonds. The van der Waals surface area contributed by atoms with Gasteiger partial charge in [-0.1, -0.05) is 13.0 Å². The van der Waals surface area contributed by atoms with Gasteiger partial charge in [0.25, 0.3) is 0 Å². The molecule has 1 aromatic rings. The molecule has 0 radical (unpaired) electrons. The average Bonchev–Trinajstić information content (AvgIpc) is 2.39. The van der Waals surface area contributed by atoms with Crippen molar-refractivity contribution in [3.63, 3.8) is 0 Å². The number of benzene rings is 1. The summed E-state index contributed by atoms with van der Waals surface area (Å²) < 4.78 is 5.02. The Labute approximate surface area is 112 Å². The maximum Gasteiger partial charge on any atom is 0.250 e. The van der Waals surface area contributed by atoms with E-state index < -0.39 is 0 Å². The van der Waals surface area contributed by atoms with E-state index in [9.17, 15) is 9.59 Å². The number of hydrogen-bond donors (Lipinski definition) is 3. The Bertz CT molecular complexity index is 435. The van der Waals surface area contributed by atoms with E-state index in [1.54, 1.807) is 31.2 Å². The number of amides is 2. The van der Waals surface area contributed by atoms with E-state index in [-0.39, 0.29) is 18.4 Å². The highest BCUT2D eigenvalue weighted by atomic mass is 16.5. The van der Waals surface area contributed by atoms with Crippen LogP contribution in [-0.2, 0) is 14.3 Å². The van der Waals surface area contributed by atoms with Crippen LogP contribution in [0.2, 0.25) is 0 Å². The molecule has 0 saturated heterocycles. The van der Waals surface area contributed by atoms with E-state index in [2.05, 4.69) is 10.6 Å². The minimum atomic E-state index is -0.257. The van der Waals surface area contributed by atoms with E-state index in [1.807, 2.05) is 0 Å². The van der Waals surface area contributed by atoms with Gasteiger partial charge < -0.3 is 21.1 Å². The van der Waals surface area contributed by atoms with Crippen LogP contribution >= 0.6 is 0 Å². The summed E-state index contributed by atoms with van der Waals surface area (Å²) in [6, 6.07) is 6.94. The molecule has 6 nitrogen and oxygen atoms in total. The van der Waals surface area contributed by atoms with Gasteiger partial charge >= 0.3 is 0 Å². The molecule has 0 spiro atoms. The summed E-state index contributed by atoms with van der Waals surface area (Å²) in [6.07, 6.45) is 0.406. The van der Waals surface area contributed by atoms with E-state index in [0.29, 0.717) is 30.9 Å². The summed E-state index contributed by atoms with van der Waals surface area (Å²) >= 11 is 0. The Morgan fingerprint density at radius 3 is 2.42 bits per heavy atom. The van der Waals surface area contributed by atoms with E-state index >= 15 is 0 Å². The zero-order chi connectivity index (χ0) is 14.1. The molecule has 4 N–H and O–H groups in total. The highest BCUT2D eigenvalue weighted by Gasteiger charge is 2.04. The third kappa shape index (κ3) is 5.98. The Kier molecular flexibility index (Phi) is 6.56. The fourth-order valence-corrected chi connectivity index (χ4v) is 1.37. The van der Waals surface area contributed by atoms with Crippen molar-refractivity contribution in [3.05, 3.63) is 24.3 Å². The molecule has 6 heteroatoms. The number of anilines is 2. The van der Waals surface area contributed by atoms with Gasteiger partial charge in [-0.15, -0.1) is 0 Å². The first-order chi connectivity index (χ1) is 9.15. The third-order valence-electron chi connectivity index (χ3n) is 2.25. The molecule has 0 aromatic heterocycles. The maximum absolute atomic E-state index is 11.5. The first kappa shape index (κ1) is 15.1. The lowest BCUT2D eigenvalue weighted by molar-refractivity contribution is -0.120. The van der Waals surface area contributed by atoms with Gasteiger partial charge in [-0.25, -0.2) is 0 Å². The van der Waals surface area contributed by atoms with Gasteiger partial charge in [-0.2, -0.15) is 0 Å². The number of hydrogen-bond acceptors (Lipinski definition) is 4. The lowest BCUT2D eigenvalue weighted by Crippen LogP contribution is -2.20. The first-order valence-corrected chi connectivity index (χ1v) is 6.13. The van der Waals surface area contributed by atoms with Gasteiger partial charge in [0.05, 0.1) is 6.61 Å². The summed E-state index contributed by atoms with van der Waals surface area (Å²) in [7, 11) is 0. The van der Waals surface area contributed by atoms with Crippen molar-refractivity contribution in [2.24, 2.45) is 5.73 Å². The van der Waals surface area contributed by atoms with Gasteiger partial charge in [0.1, 0.15) is 6.61 Å². The largest absolute Gasteiger partial charge is 0.370 e. The molecule has 1 rings (SSSR count). The van der Waals surface area contributed by atoms with Crippen LogP contribution in [0.25, 0.3) is 0 Å². The fourth-order valence-electron chi connectivity index (χ4n) is 1.37. The molecule has 0 unspecified atom stereocenters. The molecule has 0 bridgehead atoms. The maximum atomic E-state index is 11.5. The van der Waals surface area contributed by atoms with E-state index in [1.165, 1.54) is 0 Å². The number of rotatable bonds is 7. The SMILES string of the molecule is CCC(=O)Nc1cccc(NC(=O)COCCN)c1. The van der Waals surface area contributed by atoms with Crippen molar-refractivity contribution in [2.75, 3.05) is 30.4 Å². The van der Waals surface area contributed by atoms with Crippen LogP contribution in [0.4, 0.5) is 11.4 Å². The first-order valence-electron chi connectivity index (χ1n) is 6.13. The molecule has 0 atom stereocenters. The van der Waals surface area contributed by atoms with Crippen molar-refractivity contribution in [1.29, 1.82) is 0 Å². The Morgan fingerprint density at radius 1 is 1.21 bits per heavy atom. The molecular weight excluding hydrogens is 246 g/mol. The number of carbonyl (C=O) groups excluding carboxylic acids is 2. The van der Waals surface area contributed by atoms with Gasteiger partial charge in [0.2, 0.25) is 11.8 Å². The smallest absolute Gasteiger partial charge is 0.250 e. The predicted octanol–water partition coefficient (Wildman–Crippen LogP) is 0.949. The standard InChI is InChI=1S/C13H19N3O3/c1-2-12(17)15-10-4-3-5-11(8-10)16-13(18)9-19-7-6-14/h3-5,8H,2,6-7,9,14H2,1H3,(H,15,17)(H,16,18). The minimum absolute atomic E-state index is 0.0389. The Morgan fingerprint density at radius 2 is 1.84 bits per heavy atom. The van der Waals surface area contributed by atoms with Gasteiger partial charge in [0.15, 0.2) is 0 Å². The fraction of sp³-hybridized carbons (Fsp3) is 0.385. The minimum Gasteiger partial charge on any atom is -0.370 e. The van der Waals surface area contributed by atoms with E-state index in [0.717, 1.165) is 0 Å². The lowest BCUT2D eigenvalue weighted by atomic mass is 10.2. The zero-order valence-corrected chi connectivity index (χ0v) is 10.9. The van der Waals surface area contributed by atoms with Crippen LogP contribution in [0, 0.1) is 0 Å². The molecule has 0 saturated carbocycles. The molecule has 104 valence electrons. The average molecular weight is 265 g/mol. The zero-order valence-electron chi connectivity index (χ0n) is 10.9. The number of carbonyl (C=O) groups is 2. The topological polar surface area (TPSA) is 93.5 Å². The highest BCUT2D eigenvalue weighted by molar-refractivity contribution is 5.94. The molecule has 19 heavy (non-hydrogen) atoms. The summed E-state index contributed by atoms with van der Waals surface area (Å²) in [4.78, 5) is 22.8. The number of nitrogens with one attached hydrogen (secondary N) is 2. The van der Waals surface area contributed by atoms with Gasteiger partial charge in [-0.3, -0.25) is 9.59 Å². The molecule has 1 aromatic carbocycles. The molecular formula is C13H19N3O3. The van der Waals surface area contributed by atoms with Crippen molar-refractivity contribution < 1.29 is 14.3 Å². The second-order valence-corrected chi connectivity index (χ2v) is 3.87.